The number of carbonyl (C=O) groups is 1. The number of sulfonamides is 2. The Morgan fingerprint density at radius 2 is 1.67 bits per heavy atom. The van der Waals surface area contributed by atoms with Crippen molar-refractivity contribution in [2.75, 3.05) is 37.6 Å². The fourth-order valence-corrected chi connectivity index (χ4v) is 11.4. The zero-order chi connectivity index (χ0) is 32.8. The quantitative estimate of drug-likeness (QED) is 0.196. The van der Waals surface area contributed by atoms with E-state index in [1.165, 1.54) is 12.3 Å². The van der Waals surface area contributed by atoms with E-state index in [1.54, 1.807) is 10.4 Å². The maximum atomic E-state index is 13.0. The lowest BCUT2D eigenvalue weighted by Gasteiger charge is -2.34. The number of anilines is 1. The van der Waals surface area contributed by atoms with E-state index in [9.17, 15) is 26.7 Å². The number of pyridine rings is 1. The van der Waals surface area contributed by atoms with Gasteiger partial charge in [0.25, 0.3) is 10.0 Å². The maximum absolute atomic E-state index is 13.0. The predicted octanol–water partition coefficient (Wildman–Crippen LogP) is 5.56. The van der Waals surface area contributed by atoms with Gasteiger partial charge >= 0.3 is 5.97 Å². The first-order chi connectivity index (χ1) is 21.3. The molecule has 2 saturated heterocycles. The Morgan fingerprint density at radius 3 is 2.20 bits per heavy atom. The lowest BCUT2D eigenvalue weighted by atomic mass is 9.87. The molecule has 45 heavy (non-hydrogen) atoms. The summed E-state index contributed by atoms with van der Waals surface area (Å²) in [5, 5.41) is 9.64. The smallest absolute Gasteiger partial charge is 0.321 e. The van der Waals surface area contributed by atoms with Gasteiger partial charge in [0, 0.05) is 36.8 Å². The lowest BCUT2D eigenvalue weighted by molar-refractivity contribution is -0.139. The third-order valence-corrected chi connectivity index (χ3v) is 15.1. The van der Waals surface area contributed by atoms with Crippen LogP contribution in [0.1, 0.15) is 64.2 Å². The number of rotatable bonds is 15. The van der Waals surface area contributed by atoms with E-state index in [4.69, 9.17) is 28.9 Å². The molecular formula is C28H40BrCl2N5O6S3. The van der Waals surface area contributed by atoms with Crippen LogP contribution < -0.4 is 15.4 Å². The molecule has 2 aliphatic heterocycles. The van der Waals surface area contributed by atoms with Crippen LogP contribution in [0.5, 0.6) is 0 Å². The number of hydrogen-bond acceptors (Lipinski definition) is 9. The van der Waals surface area contributed by atoms with Crippen LogP contribution in [0.25, 0.3) is 0 Å². The maximum Gasteiger partial charge on any atom is 0.321 e. The van der Waals surface area contributed by atoms with Gasteiger partial charge in [0.05, 0.1) is 5.02 Å². The van der Waals surface area contributed by atoms with Crippen LogP contribution in [0.4, 0.5) is 5.82 Å². The molecule has 17 heteroatoms. The first kappa shape index (κ1) is 36.8. The molecule has 0 radical (unpaired) electrons. The van der Waals surface area contributed by atoms with Crippen molar-refractivity contribution in [3.8, 4) is 0 Å². The molecule has 2 aliphatic rings. The van der Waals surface area contributed by atoms with Gasteiger partial charge in [0.2, 0.25) is 10.0 Å². The molecule has 4 heterocycles. The summed E-state index contributed by atoms with van der Waals surface area (Å²) in [6.45, 7) is 2.96. The fourth-order valence-electron chi connectivity index (χ4n) is 5.92. The van der Waals surface area contributed by atoms with Crippen molar-refractivity contribution < 1.29 is 26.7 Å². The van der Waals surface area contributed by atoms with Crippen molar-refractivity contribution in [2.45, 2.75) is 79.4 Å². The van der Waals surface area contributed by atoms with Crippen LogP contribution in [0.3, 0.4) is 0 Å². The van der Waals surface area contributed by atoms with Gasteiger partial charge in [-0.2, -0.15) is 9.03 Å². The highest BCUT2D eigenvalue weighted by Gasteiger charge is 2.32. The van der Waals surface area contributed by atoms with E-state index in [0.717, 1.165) is 69.4 Å². The van der Waals surface area contributed by atoms with Gasteiger partial charge in [-0.25, -0.2) is 21.8 Å². The molecule has 2 fully saturated rings. The van der Waals surface area contributed by atoms with E-state index >= 15 is 0 Å². The molecule has 4 N–H and O–H groups in total. The molecule has 0 aromatic carbocycles. The first-order valence-corrected chi connectivity index (χ1v) is 20.4. The summed E-state index contributed by atoms with van der Waals surface area (Å²) in [4.78, 5) is 17.8. The second kappa shape index (κ2) is 16.4. The third kappa shape index (κ3) is 9.75. The predicted molar refractivity (Wildman–Crippen MR) is 181 cm³/mol. The number of aliphatic carboxylic acids is 1. The number of nitrogens with zero attached hydrogens (tertiary/aromatic N) is 3. The van der Waals surface area contributed by atoms with Crippen LogP contribution in [-0.2, 0) is 24.8 Å². The zero-order valence-electron chi connectivity index (χ0n) is 24.8. The minimum atomic E-state index is -4.13. The SMILES string of the molecule is NCCCCC(NS(=O)(=O)c1cnc(N2CCC(CCCC3CCN(S(=O)(=O)c4cc(Br)c(Cl)s4)CC3)CC2)c(Cl)c1)C(=O)O. The molecule has 0 spiro atoms. The number of carboxylic acids is 1. The Morgan fingerprint density at radius 1 is 1.04 bits per heavy atom. The van der Waals surface area contributed by atoms with Gasteiger partial charge in [0.15, 0.2) is 0 Å². The van der Waals surface area contributed by atoms with Crippen molar-refractivity contribution in [3.63, 3.8) is 0 Å². The average Bonchev–Trinajstić information content (AvgIpc) is 3.35. The van der Waals surface area contributed by atoms with Crippen molar-refractivity contribution in [1.29, 1.82) is 0 Å². The Hall–Kier alpha value is -1.04. The standard InChI is InChI=1S/C28H40BrCl2N5O6S3/c29-22-17-25(43-26(22)31)45(41,42)36-14-9-20(10-15-36)5-3-4-19-7-12-35(13-8-19)27-23(30)16-21(18-33-27)44(39,40)34-24(28(37)38)6-1-2-11-32/h16-20,24,34H,1-15,32H2,(H,37,38). The highest BCUT2D eigenvalue weighted by Crippen LogP contribution is 2.37. The zero-order valence-corrected chi connectivity index (χ0v) is 30.4. The molecule has 1 unspecified atom stereocenters. The van der Waals surface area contributed by atoms with Gasteiger partial charge in [-0.15, -0.1) is 11.3 Å². The molecule has 2 aromatic heterocycles. The minimum absolute atomic E-state index is 0.133. The normalized spacial score (nSPS) is 18.4. The summed E-state index contributed by atoms with van der Waals surface area (Å²) in [6.07, 6.45) is 9.38. The van der Waals surface area contributed by atoms with E-state index in [2.05, 4.69) is 30.5 Å². The number of nitrogens with one attached hydrogen (secondary N) is 1. The van der Waals surface area contributed by atoms with Gasteiger partial charge in [-0.1, -0.05) is 48.9 Å². The second-order valence-corrected chi connectivity index (χ2v) is 18.5. The van der Waals surface area contributed by atoms with Crippen LogP contribution in [-0.4, -0.2) is 76.0 Å². The number of thiophene rings is 1. The van der Waals surface area contributed by atoms with Crippen LogP contribution in [0.2, 0.25) is 9.36 Å². The van der Waals surface area contributed by atoms with Crippen molar-refractivity contribution in [1.82, 2.24) is 14.0 Å². The Balaban J connectivity index is 1.20. The Bertz CT molecular complexity index is 1510. The lowest BCUT2D eigenvalue weighted by Crippen LogP contribution is -2.40. The monoisotopic (exact) mass is 787 g/mol. The molecular weight excluding hydrogens is 749 g/mol. The number of nitrogens with two attached hydrogens (primary N) is 1. The Labute approximate surface area is 288 Å². The minimum Gasteiger partial charge on any atom is -0.480 e. The van der Waals surface area contributed by atoms with Crippen molar-refractivity contribution in [3.05, 3.63) is 32.2 Å². The number of halogens is 3. The molecule has 0 saturated carbocycles. The summed E-state index contributed by atoms with van der Waals surface area (Å²) < 4.78 is 56.8. The van der Waals surface area contributed by atoms with E-state index in [-0.39, 0.29) is 20.5 Å². The molecule has 4 rings (SSSR count). The third-order valence-electron chi connectivity index (χ3n) is 8.58. The van der Waals surface area contributed by atoms with Gasteiger partial charge < -0.3 is 15.7 Å². The van der Waals surface area contributed by atoms with Crippen LogP contribution >= 0.6 is 50.5 Å². The number of unbranched alkanes of at least 4 members (excludes halogenated alkanes) is 1. The summed E-state index contributed by atoms with van der Waals surface area (Å²) >= 11 is 16.9. The summed E-state index contributed by atoms with van der Waals surface area (Å²) in [6, 6.07) is 1.64. The highest BCUT2D eigenvalue weighted by atomic mass is 79.9. The molecule has 0 bridgehead atoms. The topological polar surface area (TPSA) is 163 Å². The van der Waals surface area contributed by atoms with Crippen molar-refractivity contribution in [2.24, 2.45) is 17.6 Å². The molecule has 252 valence electrons. The largest absolute Gasteiger partial charge is 0.480 e. The number of hydrogen-bond donors (Lipinski definition) is 3. The number of aromatic nitrogens is 1. The van der Waals surface area contributed by atoms with E-state index < -0.39 is 32.1 Å². The molecule has 2 aromatic rings. The molecule has 11 nitrogen and oxygen atoms in total. The summed E-state index contributed by atoms with van der Waals surface area (Å²) in [7, 11) is -7.65. The number of carboxylic acid groups (broad SMARTS) is 1. The van der Waals surface area contributed by atoms with Gasteiger partial charge in [-0.3, -0.25) is 4.79 Å². The second-order valence-electron chi connectivity index (χ2n) is 11.7. The van der Waals surface area contributed by atoms with Crippen molar-refractivity contribution >= 4 is 82.3 Å². The Kier molecular flexibility index (Phi) is 13.4. The number of piperidine rings is 2. The summed E-state index contributed by atoms with van der Waals surface area (Å²) in [5.41, 5.74) is 5.46. The molecule has 0 amide bonds. The average molecular weight is 790 g/mol. The van der Waals surface area contributed by atoms with Gasteiger partial charge in [-0.05, 0) is 85.0 Å². The van der Waals surface area contributed by atoms with Crippen LogP contribution in [0.15, 0.2) is 31.9 Å². The molecule has 1 atom stereocenters. The van der Waals surface area contributed by atoms with Crippen LogP contribution in [0, 0.1) is 11.8 Å². The molecule has 0 aliphatic carbocycles. The fraction of sp³-hybridized carbons (Fsp3) is 0.643. The first-order valence-electron chi connectivity index (χ1n) is 15.1. The van der Waals surface area contributed by atoms with E-state index in [0.29, 0.717) is 58.9 Å². The van der Waals surface area contributed by atoms with E-state index in [1.807, 2.05) is 0 Å². The highest BCUT2D eigenvalue weighted by molar-refractivity contribution is 9.10. The summed E-state index contributed by atoms with van der Waals surface area (Å²) in [5.74, 6) is 0.350. The van der Waals surface area contributed by atoms with Gasteiger partial charge in [0.1, 0.15) is 25.3 Å².